The molecule has 5 nitrogen and oxygen atoms in total. The Morgan fingerprint density at radius 3 is 2.45 bits per heavy atom. The van der Waals surface area contributed by atoms with Crippen molar-refractivity contribution in [2.24, 2.45) is 0 Å². The maximum Gasteiger partial charge on any atom is 0.305 e. The quantitative estimate of drug-likeness (QED) is 0.631. The molecule has 2 aromatic carbocycles. The number of hydrogen-bond acceptors (Lipinski definition) is 4. The largest absolute Gasteiger partial charge is 0.457 e. The first-order valence-corrected chi connectivity index (χ1v) is 5.70. The van der Waals surface area contributed by atoms with E-state index in [0.717, 1.165) is 12.1 Å². The molecule has 7 heteroatoms. The number of nitrogens with zero attached hydrogens (tertiary/aromatic N) is 2. The van der Waals surface area contributed by atoms with Crippen molar-refractivity contribution in [3.8, 4) is 17.6 Å². The second-order valence-corrected chi connectivity index (χ2v) is 4.13. The molecule has 0 saturated heterocycles. The topological polar surface area (TPSA) is 76.2 Å². The van der Waals surface area contributed by atoms with Crippen LogP contribution < -0.4 is 4.74 Å². The van der Waals surface area contributed by atoms with Crippen molar-refractivity contribution >= 4 is 17.3 Å². The van der Waals surface area contributed by atoms with Crippen LogP contribution in [0.15, 0.2) is 36.4 Å². The molecule has 0 aliphatic rings. The van der Waals surface area contributed by atoms with E-state index in [-0.39, 0.29) is 16.3 Å². The molecule has 0 amide bonds. The first-order valence-electron chi connectivity index (χ1n) is 5.32. The zero-order valence-corrected chi connectivity index (χ0v) is 10.6. The molecule has 0 bridgehead atoms. The van der Waals surface area contributed by atoms with Crippen LogP contribution in [-0.4, -0.2) is 4.92 Å². The average Bonchev–Trinajstić information content (AvgIpc) is 2.38. The van der Waals surface area contributed by atoms with Gasteiger partial charge >= 0.3 is 5.69 Å². The van der Waals surface area contributed by atoms with Gasteiger partial charge in [0.05, 0.1) is 15.5 Å². The van der Waals surface area contributed by atoms with Crippen molar-refractivity contribution in [2.45, 2.75) is 0 Å². The van der Waals surface area contributed by atoms with Crippen LogP contribution in [0.5, 0.6) is 11.5 Å². The van der Waals surface area contributed by atoms with E-state index in [9.17, 15) is 14.5 Å². The summed E-state index contributed by atoms with van der Waals surface area (Å²) in [5.41, 5.74) is -0.343. The van der Waals surface area contributed by atoms with Gasteiger partial charge in [-0.15, -0.1) is 0 Å². The predicted octanol–water partition coefficient (Wildman–Crippen LogP) is 4.05. The van der Waals surface area contributed by atoms with Crippen LogP contribution in [0, 0.1) is 27.3 Å². The zero-order valence-electron chi connectivity index (χ0n) is 9.84. The van der Waals surface area contributed by atoms with E-state index < -0.39 is 16.4 Å². The van der Waals surface area contributed by atoms with Crippen molar-refractivity contribution in [1.82, 2.24) is 0 Å². The fourth-order valence-electron chi connectivity index (χ4n) is 1.49. The molecule has 0 fully saturated rings. The first kappa shape index (κ1) is 13.8. The molecule has 0 unspecified atom stereocenters. The second kappa shape index (κ2) is 5.55. The standard InChI is InChI=1S/C13H6ClFN2O3/c14-11-5-9(2-1-8(11)7-16)20-10-3-4-13(17(18)19)12(15)6-10/h1-6H. The van der Waals surface area contributed by atoms with E-state index in [0.29, 0.717) is 5.75 Å². The van der Waals surface area contributed by atoms with E-state index in [1.807, 2.05) is 6.07 Å². The van der Waals surface area contributed by atoms with Gasteiger partial charge in [0, 0.05) is 18.2 Å². The van der Waals surface area contributed by atoms with Gasteiger partial charge in [0.15, 0.2) is 0 Å². The van der Waals surface area contributed by atoms with E-state index in [1.165, 1.54) is 24.3 Å². The summed E-state index contributed by atoms with van der Waals surface area (Å²) in [6.07, 6.45) is 0. The molecule has 2 rings (SSSR count). The van der Waals surface area contributed by atoms with E-state index in [4.69, 9.17) is 21.6 Å². The minimum atomic E-state index is -0.993. The summed E-state index contributed by atoms with van der Waals surface area (Å²) in [5.74, 6) is -0.608. The number of halogens is 2. The fourth-order valence-corrected chi connectivity index (χ4v) is 1.70. The van der Waals surface area contributed by atoms with Crippen LogP contribution >= 0.6 is 11.6 Å². The summed E-state index contributed by atoms with van der Waals surface area (Å²) in [4.78, 5) is 9.66. The second-order valence-electron chi connectivity index (χ2n) is 3.73. The highest BCUT2D eigenvalue weighted by molar-refractivity contribution is 6.31. The fraction of sp³-hybridized carbons (Fsp3) is 0. The van der Waals surface area contributed by atoms with Crippen LogP contribution in [-0.2, 0) is 0 Å². The van der Waals surface area contributed by atoms with Crippen LogP contribution in [0.25, 0.3) is 0 Å². The Labute approximate surface area is 117 Å². The average molecular weight is 293 g/mol. The summed E-state index contributed by atoms with van der Waals surface area (Å²) >= 11 is 5.83. The van der Waals surface area contributed by atoms with Gasteiger partial charge in [-0.1, -0.05) is 11.6 Å². The Bertz CT molecular complexity index is 728. The molecule has 100 valence electrons. The highest BCUT2D eigenvalue weighted by atomic mass is 35.5. The van der Waals surface area contributed by atoms with Crippen LogP contribution in [0.3, 0.4) is 0 Å². The van der Waals surface area contributed by atoms with Crippen LogP contribution in [0.2, 0.25) is 5.02 Å². The lowest BCUT2D eigenvalue weighted by Gasteiger charge is -2.06. The lowest BCUT2D eigenvalue weighted by molar-refractivity contribution is -0.387. The Kier molecular flexibility index (Phi) is 3.82. The first-order chi connectivity index (χ1) is 9.51. The molecule has 20 heavy (non-hydrogen) atoms. The van der Waals surface area contributed by atoms with Crippen molar-refractivity contribution in [2.75, 3.05) is 0 Å². The molecule has 0 aliphatic heterocycles. The van der Waals surface area contributed by atoms with Gasteiger partial charge in [0.2, 0.25) is 5.82 Å². The van der Waals surface area contributed by atoms with Crippen molar-refractivity contribution < 1.29 is 14.1 Å². The molecular weight excluding hydrogens is 287 g/mol. The maximum atomic E-state index is 13.4. The molecule has 0 atom stereocenters. The molecule has 2 aromatic rings. The number of benzene rings is 2. The van der Waals surface area contributed by atoms with Crippen molar-refractivity contribution in [1.29, 1.82) is 5.26 Å². The molecule has 0 N–H and O–H groups in total. The molecule has 0 radical (unpaired) electrons. The molecular formula is C13H6ClFN2O3. The van der Waals surface area contributed by atoms with Crippen LogP contribution in [0.1, 0.15) is 5.56 Å². The van der Waals surface area contributed by atoms with Gasteiger partial charge in [0.25, 0.3) is 0 Å². The zero-order chi connectivity index (χ0) is 14.7. The number of hydrogen-bond donors (Lipinski definition) is 0. The summed E-state index contributed by atoms with van der Waals surface area (Å²) in [6, 6.07) is 9.43. The van der Waals surface area contributed by atoms with Gasteiger partial charge in [-0.2, -0.15) is 9.65 Å². The highest BCUT2D eigenvalue weighted by Crippen LogP contribution is 2.29. The Morgan fingerprint density at radius 1 is 1.25 bits per heavy atom. The molecule has 0 aromatic heterocycles. The third kappa shape index (κ3) is 2.84. The van der Waals surface area contributed by atoms with Crippen LogP contribution in [0.4, 0.5) is 10.1 Å². The summed E-state index contributed by atoms with van der Waals surface area (Å²) < 4.78 is 18.7. The van der Waals surface area contributed by atoms with Crippen molar-refractivity contribution in [3.05, 3.63) is 62.9 Å². The number of nitro groups is 1. The van der Waals surface area contributed by atoms with Gasteiger partial charge in [-0.25, -0.2) is 0 Å². The predicted molar refractivity (Wildman–Crippen MR) is 69.3 cm³/mol. The Morgan fingerprint density at radius 2 is 1.90 bits per heavy atom. The van der Waals surface area contributed by atoms with Gasteiger partial charge in [-0.3, -0.25) is 10.1 Å². The maximum absolute atomic E-state index is 13.4. The lowest BCUT2D eigenvalue weighted by Crippen LogP contribution is -1.93. The summed E-state index contributed by atoms with van der Waals surface area (Å²) in [7, 11) is 0. The summed E-state index contributed by atoms with van der Waals surface area (Å²) in [5, 5.41) is 19.4. The van der Waals surface area contributed by atoms with E-state index in [1.54, 1.807) is 0 Å². The van der Waals surface area contributed by atoms with E-state index >= 15 is 0 Å². The molecule has 0 saturated carbocycles. The minimum Gasteiger partial charge on any atom is -0.457 e. The van der Waals surface area contributed by atoms with Crippen molar-refractivity contribution in [3.63, 3.8) is 0 Å². The monoisotopic (exact) mass is 292 g/mol. The molecule has 0 heterocycles. The number of nitriles is 1. The summed E-state index contributed by atoms with van der Waals surface area (Å²) in [6.45, 7) is 0. The lowest BCUT2D eigenvalue weighted by atomic mass is 10.2. The normalized spacial score (nSPS) is 9.85. The van der Waals surface area contributed by atoms with Gasteiger partial charge in [0.1, 0.15) is 17.6 Å². The van der Waals surface area contributed by atoms with E-state index in [2.05, 4.69) is 0 Å². The third-order valence-corrected chi connectivity index (χ3v) is 2.73. The Hall–Kier alpha value is -2.65. The van der Waals surface area contributed by atoms with Gasteiger partial charge in [-0.05, 0) is 18.2 Å². The highest BCUT2D eigenvalue weighted by Gasteiger charge is 2.14. The molecule has 0 spiro atoms. The number of nitro benzene ring substituents is 1. The minimum absolute atomic E-state index is 0.0916. The number of rotatable bonds is 3. The SMILES string of the molecule is N#Cc1ccc(Oc2ccc([N+](=O)[O-])c(F)c2)cc1Cl. The Balaban J connectivity index is 2.27. The molecule has 0 aliphatic carbocycles. The third-order valence-electron chi connectivity index (χ3n) is 2.41. The smallest absolute Gasteiger partial charge is 0.305 e. The number of ether oxygens (including phenoxy) is 1. The van der Waals surface area contributed by atoms with Gasteiger partial charge < -0.3 is 4.74 Å².